The average molecular weight is 429 g/mol. The Hall–Kier alpha value is -2.15. The van der Waals surface area contributed by atoms with Gasteiger partial charge >= 0.3 is 0 Å². The molecule has 7 heteroatoms. The molecule has 1 aromatic carbocycles. The van der Waals surface area contributed by atoms with Crippen molar-refractivity contribution in [3.63, 3.8) is 0 Å². The lowest BCUT2D eigenvalue weighted by Gasteiger charge is -2.32. The maximum Gasteiger partial charge on any atom is 0.227 e. The Kier molecular flexibility index (Phi) is 6.87. The number of pyridine rings is 1. The Bertz CT molecular complexity index is 845. The molecule has 1 amide bonds. The molecule has 0 aliphatic carbocycles. The maximum absolute atomic E-state index is 12.8. The molecule has 2 aliphatic rings. The second-order valence-corrected chi connectivity index (χ2v) is 8.73. The van der Waals surface area contributed by atoms with Crippen LogP contribution >= 0.6 is 11.6 Å². The summed E-state index contributed by atoms with van der Waals surface area (Å²) in [5.74, 6) is 1.02. The van der Waals surface area contributed by atoms with Crippen molar-refractivity contribution in [1.29, 1.82) is 0 Å². The summed E-state index contributed by atoms with van der Waals surface area (Å²) in [7, 11) is 0. The van der Waals surface area contributed by atoms with Gasteiger partial charge in [-0.25, -0.2) is 4.98 Å². The van der Waals surface area contributed by atoms with Crippen LogP contribution in [0, 0.1) is 5.92 Å². The van der Waals surface area contributed by atoms with Crippen molar-refractivity contribution >= 4 is 29.0 Å². The zero-order valence-corrected chi connectivity index (χ0v) is 17.9. The third-order valence-electron chi connectivity index (χ3n) is 6.06. The zero-order valence-electron chi connectivity index (χ0n) is 17.1. The summed E-state index contributed by atoms with van der Waals surface area (Å²) in [6.45, 7) is 4.31. The minimum absolute atomic E-state index is 0.0146. The molecule has 0 unspecified atom stereocenters. The van der Waals surface area contributed by atoms with Crippen molar-refractivity contribution in [2.75, 3.05) is 36.4 Å². The highest BCUT2D eigenvalue weighted by Crippen LogP contribution is 2.24. The summed E-state index contributed by atoms with van der Waals surface area (Å²) >= 11 is 5.92. The fraction of sp³-hybridized carbons (Fsp3) is 0.478. The number of aliphatic hydroxyl groups excluding tert-OH is 1. The summed E-state index contributed by atoms with van der Waals surface area (Å²) < 4.78 is 0. The van der Waals surface area contributed by atoms with Gasteiger partial charge in [0.25, 0.3) is 0 Å². The largest absolute Gasteiger partial charge is 0.393 e. The molecule has 2 N–H and O–H groups in total. The molecule has 2 fully saturated rings. The maximum atomic E-state index is 12.8. The topological polar surface area (TPSA) is 68.7 Å². The number of aromatic nitrogens is 1. The second kappa shape index (κ2) is 9.77. The van der Waals surface area contributed by atoms with Crippen LogP contribution in [0.3, 0.4) is 0 Å². The fourth-order valence-electron chi connectivity index (χ4n) is 4.25. The quantitative estimate of drug-likeness (QED) is 0.762. The van der Waals surface area contributed by atoms with Crippen LogP contribution in [-0.4, -0.2) is 53.2 Å². The van der Waals surface area contributed by atoms with Crippen LogP contribution in [0.2, 0.25) is 5.02 Å². The van der Waals surface area contributed by atoms with Crippen molar-refractivity contribution in [1.82, 2.24) is 9.88 Å². The zero-order chi connectivity index (χ0) is 20.9. The van der Waals surface area contributed by atoms with Crippen molar-refractivity contribution in [2.24, 2.45) is 5.92 Å². The van der Waals surface area contributed by atoms with Gasteiger partial charge in [0.15, 0.2) is 0 Å². The molecule has 0 saturated carbocycles. The fourth-order valence-corrected chi connectivity index (χ4v) is 4.37. The molecule has 2 aromatic rings. The monoisotopic (exact) mass is 428 g/mol. The predicted octanol–water partition coefficient (Wildman–Crippen LogP) is 3.55. The number of amides is 1. The number of likely N-dealkylation sites (tertiary alicyclic amines) is 1. The van der Waals surface area contributed by atoms with E-state index in [1.165, 1.54) is 5.56 Å². The van der Waals surface area contributed by atoms with Crippen molar-refractivity contribution in [3.8, 4) is 0 Å². The minimum Gasteiger partial charge on any atom is -0.393 e. The van der Waals surface area contributed by atoms with E-state index in [9.17, 15) is 9.90 Å². The number of rotatable bonds is 5. The minimum atomic E-state index is -0.159. The van der Waals surface area contributed by atoms with Gasteiger partial charge < -0.3 is 15.3 Å². The summed E-state index contributed by atoms with van der Waals surface area (Å²) in [6, 6.07) is 11.9. The summed E-state index contributed by atoms with van der Waals surface area (Å²) in [4.78, 5) is 21.7. The molecule has 3 heterocycles. The van der Waals surface area contributed by atoms with Crippen LogP contribution in [0.15, 0.2) is 42.6 Å². The van der Waals surface area contributed by atoms with Gasteiger partial charge in [0, 0.05) is 50.5 Å². The first kappa shape index (κ1) is 21.1. The van der Waals surface area contributed by atoms with Gasteiger partial charge in [-0.05, 0) is 55.5 Å². The van der Waals surface area contributed by atoms with Crippen molar-refractivity contribution in [3.05, 3.63) is 53.2 Å². The lowest BCUT2D eigenvalue weighted by Crippen LogP contribution is -2.38. The number of hydrogen-bond donors (Lipinski definition) is 2. The smallest absolute Gasteiger partial charge is 0.227 e. The molecular weight excluding hydrogens is 400 g/mol. The number of benzene rings is 1. The number of hydrogen-bond acceptors (Lipinski definition) is 5. The van der Waals surface area contributed by atoms with Crippen LogP contribution in [0.25, 0.3) is 0 Å². The molecule has 0 bridgehead atoms. The van der Waals surface area contributed by atoms with Gasteiger partial charge in [0.05, 0.1) is 11.1 Å². The van der Waals surface area contributed by atoms with Crippen LogP contribution < -0.4 is 10.2 Å². The highest BCUT2D eigenvalue weighted by Gasteiger charge is 2.26. The number of carbonyl (C=O) groups excluding carboxylic acids is 1. The number of anilines is 2. The Morgan fingerprint density at radius 1 is 1.10 bits per heavy atom. The van der Waals surface area contributed by atoms with Gasteiger partial charge in [0.1, 0.15) is 5.82 Å². The Balaban J connectivity index is 1.28. The Labute approximate surface area is 182 Å². The van der Waals surface area contributed by atoms with E-state index in [1.54, 1.807) is 6.20 Å². The first-order valence-electron chi connectivity index (χ1n) is 10.7. The molecule has 6 nitrogen and oxygen atoms in total. The van der Waals surface area contributed by atoms with Crippen LogP contribution in [0.5, 0.6) is 0 Å². The van der Waals surface area contributed by atoms with Gasteiger partial charge in [-0.1, -0.05) is 23.7 Å². The number of halogens is 1. The third-order valence-corrected chi connectivity index (χ3v) is 6.28. The molecule has 0 spiro atoms. The van der Waals surface area contributed by atoms with Crippen molar-refractivity contribution in [2.45, 2.75) is 38.3 Å². The first-order chi connectivity index (χ1) is 14.6. The average Bonchev–Trinajstić information content (AvgIpc) is 2.76. The number of carbonyl (C=O) groups is 1. The standard InChI is InChI=1S/C23H29ClN4O2/c24-19-4-5-22(25-15-19)28-12-6-18(7-13-28)23(30)26-20-3-1-2-17(14-20)16-27-10-8-21(29)9-11-27/h1-5,14-15,18,21,29H,6-13,16H2,(H,26,30). The lowest BCUT2D eigenvalue weighted by molar-refractivity contribution is -0.120. The lowest BCUT2D eigenvalue weighted by atomic mass is 9.95. The predicted molar refractivity (Wildman–Crippen MR) is 120 cm³/mol. The van der Waals surface area contributed by atoms with Gasteiger partial charge in [-0.2, -0.15) is 0 Å². The molecule has 4 rings (SSSR count). The number of aliphatic hydroxyl groups is 1. The molecule has 0 radical (unpaired) electrons. The highest BCUT2D eigenvalue weighted by molar-refractivity contribution is 6.30. The normalized spacial score (nSPS) is 19.1. The molecule has 2 saturated heterocycles. The number of nitrogens with zero attached hydrogens (tertiary/aromatic N) is 3. The van der Waals surface area contributed by atoms with E-state index in [0.29, 0.717) is 5.02 Å². The van der Waals surface area contributed by atoms with E-state index in [-0.39, 0.29) is 17.9 Å². The number of piperidine rings is 2. The molecule has 0 atom stereocenters. The van der Waals surface area contributed by atoms with E-state index in [2.05, 4.69) is 32.2 Å². The van der Waals surface area contributed by atoms with E-state index in [0.717, 1.165) is 69.9 Å². The van der Waals surface area contributed by atoms with Crippen LogP contribution in [0.1, 0.15) is 31.2 Å². The Morgan fingerprint density at radius 3 is 2.57 bits per heavy atom. The molecule has 1 aromatic heterocycles. The summed E-state index contributed by atoms with van der Waals surface area (Å²) in [5, 5.41) is 13.4. The van der Waals surface area contributed by atoms with Gasteiger partial charge in [0.2, 0.25) is 5.91 Å². The van der Waals surface area contributed by atoms with E-state index >= 15 is 0 Å². The number of nitrogens with one attached hydrogen (secondary N) is 1. The molecule has 2 aliphatic heterocycles. The molecule has 160 valence electrons. The SMILES string of the molecule is O=C(Nc1cccc(CN2CCC(O)CC2)c1)C1CCN(c2ccc(Cl)cn2)CC1. The van der Waals surface area contributed by atoms with Gasteiger partial charge in [-0.3, -0.25) is 9.69 Å². The second-order valence-electron chi connectivity index (χ2n) is 8.29. The summed E-state index contributed by atoms with van der Waals surface area (Å²) in [5.41, 5.74) is 2.05. The molecule has 30 heavy (non-hydrogen) atoms. The van der Waals surface area contributed by atoms with Crippen LogP contribution in [0.4, 0.5) is 11.5 Å². The first-order valence-corrected chi connectivity index (χ1v) is 11.1. The van der Waals surface area contributed by atoms with Gasteiger partial charge in [-0.15, -0.1) is 0 Å². The van der Waals surface area contributed by atoms with Crippen molar-refractivity contribution < 1.29 is 9.90 Å². The van der Waals surface area contributed by atoms with E-state index in [1.807, 2.05) is 24.3 Å². The summed E-state index contributed by atoms with van der Waals surface area (Å²) in [6.07, 6.45) is 4.79. The highest BCUT2D eigenvalue weighted by atomic mass is 35.5. The van der Waals surface area contributed by atoms with Crippen LogP contribution in [-0.2, 0) is 11.3 Å². The van der Waals surface area contributed by atoms with E-state index < -0.39 is 0 Å². The van der Waals surface area contributed by atoms with E-state index in [4.69, 9.17) is 11.6 Å². The molecular formula is C23H29ClN4O2. The Morgan fingerprint density at radius 2 is 1.87 bits per heavy atom. The third kappa shape index (κ3) is 5.50.